The van der Waals surface area contributed by atoms with Gasteiger partial charge in [-0.3, -0.25) is 4.40 Å². The second-order valence-electron chi connectivity index (χ2n) is 8.44. The fourth-order valence-corrected chi connectivity index (χ4v) is 4.68. The Morgan fingerprint density at radius 2 is 2.14 bits per heavy atom. The van der Waals surface area contributed by atoms with Gasteiger partial charge >= 0.3 is 0 Å². The van der Waals surface area contributed by atoms with E-state index in [0.717, 1.165) is 47.7 Å². The number of fused-ring (bicyclic) bond motifs is 3. The van der Waals surface area contributed by atoms with Crippen LogP contribution in [-0.4, -0.2) is 50.6 Å². The van der Waals surface area contributed by atoms with Crippen molar-refractivity contribution >= 4 is 17.4 Å². The monoisotopic (exact) mass is 375 g/mol. The van der Waals surface area contributed by atoms with Crippen LogP contribution in [0.15, 0.2) is 36.8 Å². The van der Waals surface area contributed by atoms with Crippen molar-refractivity contribution < 1.29 is 0 Å². The number of rotatable bonds is 5. The van der Waals surface area contributed by atoms with E-state index in [1.54, 1.807) is 0 Å². The predicted molar refractivity (Wildman–Crippen MR) is 110 cm³/mol. The molecule has 2 aliphatic heterocycles. The number of piperazine rings is 1. The quantitative estimate of drug-likeness (QED) is 0.714. The Labute approximate surface area is 164 Å². The number of nitrogens with zero attached hydrogens (tertiary/aromatic N) is 5. The van der Waals surface area contributed by atoms with Crippen molar-refractivity contribution in [3.8, 4) is 11.3 Å². The summed E-state index contributed by atoms with van der Waals surface area (Å²) in [5, 5.41) is 7.13. The summed E-state index contributed by atoms with van der Waals surface area (Å²) in [5.41, 5.74) is 2.97. The normalized spacial score (nSPS) is 24.8. The molecule has 3 atom stereocenters. The Balaban J connectivity index is 1.38. The molecule has 5 heterocycles. The van der Waals surface area contributed by atoms with E-state index in [1.165, 1.54) is 19.3 Å². The Morgan fingerprint density at radius 3 is 2.93 bits per heavy atom. The zero-order valence-electron chi connectivity index (χ0n) is 16.0. The van der Waals surface area contributed by atoms with E-state index in [0.29, 0.717) is 18.1 Å². The van der Waals surface area contributed by atoms with Gasteiger partial charge in [-0.15, -0.1) is 0 Å². The molecular weight excluding hydrogens is 350 g/mol. The van der Waals surface area contributed by atoms with Crippen LogP contribution in [-0.2, 0) is 0 Å². The summed E-state index contributed by atoms with van der Waals surface area (Å²) < 4.78 is 2.11. The van der Waals surface area contributed by atoms with Crippen molar-refractivity contribution in [2.45, 2.75) is 44.3 Å². The van der Waals surface area contributed by atoms with Crippen molar-refractivity contribution in [3.05, 3.63) is 36.8 Å². The molecule has 2 bridgehead atoms. The Hall–Kier alpha value is -2.67. The molecule has 7 heteroatoms. The number of aromatic nitrogens is 4. The van der Waals surface area contributed by atoms with Crippen LogP contribution < -0.4 is 15.5 Å². The molecule has 2 unspecified atom stereocenters. The topological polar surface area (TPSA) is 70.4 Å². The molecule has 0 radical (unpaired) electrons. The minimum atomic E-state index is 0.466. The molecule has 3 aromatic heterocycles. The zero-order chi connectivity index (χ0) is 18.7. The van der Waals surface area contributed by atoms with Crippen LogP contribution in [0.1, 0.15) is 26.2 Å². The molecule has 3 fully saturated rings. The first kappa shape index (κ1) is 16.3. The Morgan fingerprint density at radius 1 is 1.21 bits per heavy atom. The van der Waals surface area contributed by atoms with E-state index in [9.17, 15) is 0 Å². The lowest BCUT2D eigenvalue weighted by Crippen LogP contribution is -2.44. The fourth-order valence-electron chi connectivity index (χ4n) is 4.68. The van der Waals surface area contributed by atoms with Crippen LogP contribution in [0, 0.1) is 5.92 Å². The third kappa shape index (κ3) is 2.73. The molecule has 0 spiro atoms. The number of pyridine rings is 1. The summed E-state index contributed by atoms with van der Waals surface area (Å²) in [6, 6.07) is 7.79. The van der Waals surface area contributed by atoms with Crippen molar-refractivity contribution in [3.63, 3.8) is 0 Å². The van der Waals surface area contributed by atoms with Crippen LogP contribution in [0.25, 0.3) is 16.9 Å². The highest BCUT2D eigenvalue weighted by Gasteiger charge is 2.39. The van der Waals surface area contributed by atoms with Gasteiger partial charge in [0.25, 0.3) is 0 Å². The van der Waals surface area contributed by atoms with E-state index in [1.807, 2.05) is 24.7 Å². The van der Waals surface area contributed by atoms with Gasteiger partial charge in [-0.2, -0.15) is 0 Å². The summed E-state index contributed by atoms with van der Waals surface area (Å²) in [7, 11) is 0. The fraction of sp³-hybridized carbons (Fsp3) is 0.476. The minimum Gasteiger partial charge on any atom is -0.367 e. The van der Waals surface area contributed by atoms with Gasteiger partial charge in [0.15, 0.2) is 0 Å². The SMILES string of the molecule is C[C@@H](Nc1cc(-c2cc3nccn3c(N3CC4CC3CN4)n2)ccn1)C1CC1. The number of hydrogen-bond acceptors (Lipinski definition) is 6. The number of hydrogen-bond donors (Lipinski definition) is 2. The summed E-state index contributed by atoms with van der Waals surface area (Å²) in [5.74, 6) is 2.71. The summed E-state index contributed by atoms with van der Waals surface area (Å²) in [6.07, 6.45) is 9.58. The second kappa shape index (κ2) is 6.17. The van der Waals surface area contributed by atoms with Crippen LogP contribution in [0.3, 0.4) is 0 Å². The Bertz CT molecular complexity index is 1020. The van der Waals surface area contributed by atoms with Crippen molar-refractivity contribution in [2.75, 3.05) is 23.3 Å². The van der Waals surface area contributed by atoms with Gasteiger partial charge in [0.2, 0.25) is 5.95 Å². The molecule has 28 heavy (non-hydrogen) atoms. The van der Waals surface area contributed by atoms with Gasteiger partial charge in [0, 0.05) is 61.4 Å². The summed E-state index contributed by atoms with van der Waals surface area (Å²) >= 11 is 0. The first-order valence-corrected chi connectivity index (χ1v) is 10.3. The third-order valence-electron chi connectivity index (χ3n) is 6.44. The van der Waals surface area contributed by atoms with E-state index in [4.69, 9.17) is 4.98 Å². The molecule has 3 aliphatic rings. The first-order chi connectivity index (χ1) is 13.7. The van der Waals surface area contributed by atoms with E-state index in [2.05, 4.69) is 49.0 Å². The number of nitrogens with one attached hydrogen (secondary N) is 2. The van der Waals surface area contributed by atoms with Crippen LogP contribution in [0.4, 0.5) is 11.8 Å². The molecule has 1 aliphatic carbocycles. The molecule has 2 saturated heterocycles. The zero-order valence-corrected chi connectivity index (χ0v) is 16.0. The smallest absolute Gasteiger partial charge is 0.212 e. The lowest BCUT2D eigenvalue weighted by atomic mass is 10.1. The lowest BCUT2D eigenvalue weighted by molar-refractivity contribution is 0.570. The highest BCUT2D eigenvalue weighted by Crippen LogP contribution is 2.34. The first-order valence-electron chi connectivity index (χ1n) is 10.3. The molecule has 2 N–H and O–H groups in total. The Kier molecular flexibility index (Phi) is 3.59. The lowest BCUT2D eigenvalue weighted by Gasteiger charge is -2.29. The van der Waals surface area contributed by atoms with Gasteiger partial charge in [-0.05, 0) is 44.2 Å². The maximum Gasteiger partial charge on any atom is 0.212 e. The van der Waals surface area contributed by atoms with Gasteiger partial charge < -0.3 is 15.5 Å². The largest absolute Gasteiger partial charge is 0.367 e. The highest BCUT2D eigenvalue weighted by atomic mass is 15.4. The van der Waals surface area contributed by atoms with Crippen molar-refractivity contribution in [1.29, 1.82) is 0 Å². The van der Waals surface area contributed by atoms with Gasteiger partial charge in [0.05, 0.1) is 5.69 Å². The number of anilines is 2. The third-order valence-corrected chi connectivity index (χ3v) is 6.44. The molecule has 144 valence electrons. The predicted octanol–water partition coefficient (Wildman–Crippen LogP) is 2.55. The standard InChI is InChI=1S/C21H25N7/c1-13(14-2-3-14)25-19-8-15(4-5-22-19)18-10-20-23-6-7-27(20)21(26-18)28-12-16-9-17(28)11-24-16/h4-8,10,13-14,16-17,24H,2-3,9,11-12H2,1H3,(H,22,25)/t13-,16?,17?/m1/s1. The van der Waals surface area contributed by atoms with Crippen LogP contribution in [0.5, 0.6) is 0 Å². The van der Waals surface area contributed by atoms with E-state index >= 15 is 0 Å². The van der Waals surface area contributed by atoms with Gasteiger partial charge in [0.1, 0.15) is 11.5 Å². The second-order valence-corrected chi connectivity index (χ2v) is 8.44. The van der Waals surface area contributed by atoms with Gasteiger partial charge in [-0.1, -0.05) is 0 Å². The highest BCUT2D eigenvalue weighted by molar-refractivity contribution is 5.68. The van der Waals surface area contributed by atoms with Crippen LogP contribution in [0.2, 0.25) is 0 Å². The summed E-state index contributed by atoms with van der Waals surface area (Å²) in [6.45, 7) is 4.29. The molecular formula is C21H25N7. The van der Waals surface area contributed by atoms with Crippen molar-refractivity contribution in [2.24, 2.45) is 5.92 Å². The average Bonchev–Trinajstić information content (AvgIpc) is 3.12. The molecule has 6 rings (SSSR count). The average molecular weight is 375 g/mol. The summed E-state index contributed by atoms with van der Waals surface area (Å²) in [4.78, 5) is 16.6. The molecule has 0 aromatic carbocycles. The van der Waals surface area contributed by atoms with E-state index in [-0.39, 0.29) is 0 Å². The number of imidazole rings is 1. The van der Waals surface area contributed by atoms with Crippen LogP contribution >= 0.6 is 0 Å². The van der Waals surface area contributed by atoms with Gasteiger partial charge in [-0.25, -0.2) is 15.0 Å². The van der Waals surface area contributed by atoms with Crippen molar-refractivity contribution in [1.82, 2.24) is 24.7 Å². The van der Waals surface area contributed by atoms with E-state index < -0.39 is 0 Å². The maximum atomic E-state index is 5.08. The maximum absolute atomic E-state index is 5.08. The molecule has 7 nitrogen and oxygen atoms in total. The molecule has 3 aromatic rings. The molecule has 0 amide bonds. The minimum absolute atomic E-state index is 0.466. The molecule has 1 saturated carbocycles.